The van der Waals surface area contributed by atoms with Crippen LogP contribution in [0.1, 0.15) is 38.5 Å². The SMILES string of the molecule is FC(Sc1ccccc1)C(F)(F)C12CC3CC(CC(C3)C1)C2. The van der Waals surface area contributed by atoms with Crippen molar-refractivity contribution in [2.45, 2.75) is 54.8 Å². The zero-order valence-corrected chi connectivity index (χ0v) is 13.3. The van der Waals surface area contributed by atoms with Crippen molar-refractivity contribution in [3.8, 4) is 0 Å². The molecule has 5 rings (SSSR count). The molecule has 1 aromatic rings. The Kier molecular flexibility index (Phi) is 3.52. The summed E-state index contributed by atoms with van der Waals surface area (Å²) in [6, 6.07) is 8.74. The lowest BCUT2D eigenvalue weighted by molar-refractivity contribution is -0.216. The second kappa shape index (κ2) is 5.19. The van der Waals surface area contributed by atoms with Crippen molar-refractivity contribution in [1.29, 1.82) is 0 Å². The molecule has 1 unspecified atom stereocenters. The number of benzene rings is 1. The van der Waals surface area contributed by atoms with Crippen LogP contribution in [0.3, 0.4) is 0 Å². The molecule has 0 aromatic heterocycles. The normalized spacial score (nSPS) is 38.2. The second-order valence-corrected chi connectivity index (χ2v) is 8.69. The van der Waals surface area contributed by atoms with Gasteiger partial charge in [0.15, 0.2) is 0 Å². The van der Waals surface area contributed by atoms with Gasteiger partial charge in [-0.3, -0.25) is 0 Å². The van der Waals surface area contributed by atoms with E-state index in [1.165, 1.54) is 0 Å². The van der Waals surface area contributed by atoms with Gasteiger partial charge in [-0.1, -0.05) is 30.0 Å². The van der Waals surface area contributed by atoms with E-state index in [0.717, 1.165) is 19.3 Å². The summed E-state index contributed by atoms with van der Waals surface area (Å²) in [5, 5.41) is 0. The third kappa shape index (κ3) is 2.29. The van der Waals surface area contributed by atoms with Gasteiger partial charge in [0.2, 0.25) is 5.50 Å². The minimum Gasteiger partial charge on any atom is -0.228 e. The second-order valence-electron chi connectivity index (χ2n) is 7.57. The van der Waals surface area contributed by atoms with Crippen LogP contribution in [0.25, 0.3) is 0 Å². The molecule has 0 nitrogen and oxygen atoms in total. The Hall–Kier alpha value is -0.640. The predicted molar refractivity (Wildman–Crippen MR) is 82.7 cm³/mol. The summed E-state index contributed by atoms with van der Waals surface area (Å²) in [5.74, 6) is -2.01. The Morgan fingerprint density at radius 2 is 1.45 bits per heavy atom. The van der Waals surface area contributed by atoms with Gasteiger partial charge in [0.05, 0.1) is 0 Å². The first-order valence-corrected chi connectivity index (χ1v) is 9.10. The van der Waals surface area contributed by atoms with Gasteiger partial charge < -0.3 is 0 Å². The number of halogens is 3. The van der Waals surface area contributed by atoms with Gasteiger partial charge in [-0.05, 0) is 68.4 Å². The van der Waals surface area contributed by atoms with Crippen LogP contribution in [0.5, 0.6) is 0 Å². The Balaban J connectivity index is 1.57. The summed E-state index contributed by atoms with van der Waals surface area (Å²) in [4.78, 5) is 0.583. The lowest BCUT2D eigenvalue weighted by Crippen LogP contribution is -2.57. The number of thioether (sulfide) groups is 1. The van der Waals surface area contributed by atoms with E-state index in [0.29, 0.717) is 53.7 Å². The molecule has 1 atom stereocenters. The maximum atomic E-state index is 15.0. The van der Waals surface area contributed by atoms with Gasteiger partial charge in [0.25, 0.3) is 5.92 Å². The molecule has 0 heterocycles. The van der Waals surface area contributed by atoms with Crippen molar-refractivity contribution in [2.75, 3.05) is 0 Å². The van der Waals surface area contributed by atoms with Gasteiger partial charge in [-0.15, -0.1) is 0 Å². The molecule has 4 heteroatoms. The van der Waals surface area contributed by atoms with Crippen LogP contribution in [0.4, 0.5) is 13.2 Å². The van der Waals surface area contributed by atoms with E-state index in [2.05, 4.69) is 0 Å². The number of hydrogen-bond donors (Lipinski definition) is 0. The fourth-order valence-corrected chi connectivity index (χ4v) is 6.40. The summed E-state index contributed by atoms with van der Waals surface area (Å²) in [6.45, 7) is 0. The highest BCUT2D eigenvalue weighted by Crippen LogP contribution is 2.66. The van der Waals surface area contributed by atoms with Crippen molar-refractivity contribution in [1.82, 2.24) is 0 Å². The first kappa shape index (κ1) is 14.9. The van der Waals surface area contributed by atoms with E-state index in [-0.39, 0.29) is 0 Å². The average molecular weight is 326 g/mol. The Bertz CT molecular complexity index is 507. The van der Waals surface area contributed by atoms with Crippen molar-refractivity contribution >= 4 is 11.8 Å². The minimum absolute atomic E-state index is 0.408. The molecule has 4 fully saturated rings. The van der Waals surface area contributed by atoms with E-state index in [1.807, 2.05) is 6.07 Å². The molecule has 1 aromatic carbocycles. The van der Waals surface area contributed by atoms with Crippen LogP contribution < -0.4 is 0 Å². The largest absolute Gasteiger partial charge is 0.293 e. The summed E-state index contributed by atoms with van der Waals surface area (Å²) in [6.07, 6.45) is 4.87. The molecule has 4 bridgehead atoms. The highest BCUT2D eigenvalue weighted by atomic mass is 32.2. The minimum atomic E-state index is -3.23. The first-order chi connectivity index (χ1) is 10.5. The van der Waals surface area contributed by atoms with Crippen molar-refractivity contribution in [3.05, 3.63) is 30.3 Å². The van der Waals surface area contributed by atoms with Gasteiger partial charge in [0, 0.05) is 10.3 Å². The van der Waals surface area contributed by atoms with Gasteiger partial charge in [-0.2, -0.15) is 0 Å². The van der Waals surface area contributed by atoms with Gasteiger partial charge >= 0.3 is 0 Å². The fraction of sp³-hybridized carbons (Fsp3) is 0.667. The Labute approximate surface area is 133 Å². The van der Waals surface area contributed by atoms with E-state index in [9.17, 15) is 4.39 Å². The fourth-order valence-electron chi connectivity index (χ4n) is 5.45. The Morgan fingerprint density at radius 3 is 1.95 bits per heavy atom. The molecule has 0 saturated heterocycles. The van der Waals surface area contributed by atoms with Crippen molar-refractivity contribution < 1.29 is 13.2 Å². The monoisotopic (exact) mass is 326 g/mol. The number of alkyl halides is 3. The highest BCUT2D eigenvalue weighted by molar-refractivity contribution is 7.99. The van der Waals surface area contributed by atoms with E-state index >= 15 is 8.78 Å². The maximum Gasteiger partial charge on any atom is 0.293 e. The number of rotatable bonds is 4. The molecule has 4 aliphatic rings. The van der Waals surface area contributed by atoms with E-state index in [4.69, 9.17) is 0 Å². The molecule has 0 amide bonds. The molecular formula is C18H21F3S. The highest BCUT2D eigenvalue weighted by Gasteiger charge is 2.65. The van der Waals surface area contributed by atoms with Gasteiger partial charge in [-0.25, -0.2) is 13.2 Å². The van der Waals surface area contributed by atoms with Crippen molar-refractivity contribution in [3.63, 3.8) is 0 Å². The van der Waals surface area contributed by atoms with Crippen LogP contribution in [0.15, 0.2) is 35.2 Å². The third-order valence-electron chi connectivity index (χ3n) is 6.01. The zero-order valence-electron chi connectivity index (χ0n) is 12.5. The molecule has 4 saturated carbocycles. The lowest BCUT2D eigenvalue weighted by Gasteiger charge is -2.59. The van der Waals surface area contributed by atoms with Crippen LogP contribution in [0.2, 0.25) is 0 Å². The Morgan fingerprint density at radius 1 is 0.955 bits per heavy atom. The first-order valence-electron chi connectivity index (χ1n) is 8.22. The molecule has 22 heavy (non-hydrogen) atoms. The predicted octanol–water partition coefficient (Wildman–Crippen LogP) is 5.93. The standard InChI is InChI=1S/C18H21F3S/c19-16(22-15-4-2-1-3-5-15)18(20,21)17-9-12-6-13(10-17)8-14(7-12)11-17/h1-5,12-14,16H,6-11H2. The van der Waals surface area contributed by atoms with E-state index < -0.39 is 16.8 Å². The van der Waals surface area contributed by atoms with Crippen LogP contribution in [-0.4, -0.2) is 11.4 Å². The summed E-state index contributed by atoms with van der Waals surface area (Å²) < 4.78 is 44.7. The van der Waals surface area contributed by atoms with Crippen LogP contribution in [0, 0.1) is 23.2 Å². The van der Waals surface area contributed by atoms with Crippen molar-refractivity contribution in [2.24, 2.45) is 23.2 Å². The third-order valence-corrected chi connectivity index (χ3v) is 7.06. The zero-order chi connectivity index (χ0) is 15.4. The number of hydrogen-bond acceptors (Lipinski definition) is 1. The summed E-state index contributed by atoms with van der Waals surface area (Å²) in [5.41, 5.74) is -3.23. The molecule has 0 radical (unpaired) electrons. The van der Waals surface area contributed by atoms with E-state index in [1.54, 1.807) is 24.3 Å². The maximum absolute atomic E-state index is 15.0. The average Bonchev–Trinajstić information content (AvgIpc) is 2.46. The molecule has 120 valence electrons. The summed E-state index contributed by atoms with van der Waals surface area (Å²) in [7, 11) is 0. The quantitative estimate of drug-likeness (QED) is 0.618. The van der Waals surface area contributed by atoms with Crippen LogP contribution >= 0.6 is 11.8 Å². The molecule has 4 aliphatic carbocycles. The topological polar surface area (TPSA) is 0 Å². The molecule has 0 aliphatic heterocycles. The molecule has 0 N–H and O–H groups in total. The van der Waals surface area contributed by atoms with Crippen LogP contribution in [-0.2, 0) is 0 Å². The molecule has 0 spiro atoms. The molecular weight excluding hydrogens is 305 g/mol. The smallest absolute Gasteiger partial charge is 0.228 e. The summed E-state index contributed by atoms with van der Waals surface area (Å²) >= 11 is 0.683. The lowest BCUT2D eigenvalue weighted by atomic mass is 9.48. The van der Waals surface area contributed by atoms with Gasteiger partial charge in [0.1, 0.15) is 0 Å².